The van der Waals surface area contributed by atoms with Crippen LogP contribution in [-0.2, 0) is 6.54 Å². The molecular formula is C14H12BrClFN. The van der Waals surface area contributed by atoms with Crippen molar-refractivity contribution in [1.29, 1.82) is 0 Å². The molecule has 1 nitrogen and oxygen atoms in total. The predicted molar refractivity (Wildman–Crippen MR) is 77.6 cm³/mol. The molecule has 2 rings (SSSR count). The zero-order valence-corrected chi connectivity index (χ0v) is 12.1. The molecule has 0 saturated heterocycles. The van der Waals surface area contributed by atoms with Crippen LogP contribution >= 0.6 is 27.5 Å². The molecule has 0 atom stereocenters. The number of aryl methyl sites for hydroxylation is 1. The van der Waals surface area contributed by atoms with Gasteiger partial charge in [0.1, 0.15) is 5.82 Å². The van der Waals surface area contributed by atoms with Gasteiger partial charge in [-0.2, -0.15) is 0 Å². The summed E-state index contributed by atoms with van der Waals surface area (Å²) in [6.45, 7) is 2.30. The molecule has 94 valence electrons. The second kappa shape index (κ2) is 5.72. The van der Waals surface area contributed by atoms with Crippen molar-refractivity contribution >= 4 is 33.2 Å². The number of hydrogen-bond donors (Lipinski definition) is 1. The van der Waals surface area contributed by atoms with Gasteiger partial charge in [-0.05, 0) is 48.4 Å². The normalized spacial score (nSPS) is 10.4. The van der Waals surface area contributed by atoms with E-state index < -0.39 is 0 Å². The summed E-state index contributed by atoms with van der Waals surface area (Å²) in [4.78, 5) is 0. The van der Waals surface area contributed by atoms with Crippen LogP contribution in [0.4, 0.5) is 10.1 Å². The first-order chi connectivity index (χ1) is 8.56. The van der Waals surface area contributed by atoms with Crippen LogP contribution in [0.3, 0.4) is 0 Å². The van der Waals surface area contributed by atoms with Crippen molar-refractivity contribution in [1.82, 2.24) is 0 Å². The Kier molecular flexibility index (Phi) is 4.25. The molecule has 0 spiro atoms. The van der Waals surface area contributed by atoms with E-state index in [2.05, 4.69) is 21.2 Å². The second-order valence-corrected chi connectivity index (χ2v) is 5.38. The average molecular weight is 329 g/mol. The summed E-state index contributed by atoms with van der Waals surface area (Å²) in [6, 6.07) is 10.8. The van der Waals surface area contributed by atoms with Crippen molar-refractivity contribution in [2.24, 2.45) is 0 Å². The fraction of sp³-hybridized carbons (Fsp3) is 0.143. The molecule has 0 unspecified atom stereocenters. The van der Waals surface area contributed by atoms with E-state index in [9.17, 15) is 4.39 Å². The lowest BCUT2D eigenvalue weighted by Gasteiger charge is -2.09. The van der Waals surface area contributed by atoms with Gasteiger partial charge < -0.3 is 5.32 Å². The Morgan fingerprint density at radius 3 is 2.72 bits per heavy atom. The Balaban J connectivity index is 2.11. The van der Waals surface area contributed by atoms with Gasteiger partial charge in [0, 0.05) is 21.7 Å². The quantitative estimate of drug-likeness (QED) is 0.820. The minimum atomic E-state index is -0.208. The van der Waals surface area contributed by atoms with Gasteiger partial charge in [0.15, 0.2) is 0 Å². The minimum absolute atomic E-state index is 0.208. The number of nitrogens with one attached hydrogen (secondary N) is 1. The lowest BCUT2D eigenvalue weighted by Crippen LogP contribution is -2.00. The number of rotatable bonds is 3. The summed E-state index contributed by atoms with van der Waals surface area (Å²) in [6.07, 6.45) is 0. The number of halogens is 3. The van der Waals surface area contributed by atoms with Gasteiger partial charge in [0.25, 0.3) is 0 Å². The molecular weight excluding hydrogens is 317 g/mol. The molecule has 0 aliphatic rings. The Morgan fingerprint density at radius 1 is 1.22 bits per heavy atom. The van der Waals surface area contributed by atoms with E-state index in [0.29, 0.717) is 17.1 Å². The molecule has 2 aromatic rings. The topological polar surface area (TPSA) is 12.0 Å². The third kappa shape index (κ3) is 3.24. The van der Waals surface area contributed by atoms with Gasteiger partial charge in [0.05, 0.1) is 0 Å². The van der Waals surface area contributed by atoms with E-state index >= 15 is 0 Å². The monoisotopic (exact) mass is 327 g/mol. The van der Waals surface area contributed by atoms with Crippen LogP contribution in [-0.4, -0.2) is 0 Å². The molecule has 0 radical (unpaired) electrons. The van der Waals surface area contributed by atoms with Crippen molar-refractivity contribution in [2.75, 3.05) is 5.32 Å². The van der Waals surface area contributed by atoms with E-state index in [-0.39, 0.29) is 5.82 Å². The molecule has 0 amide bonds. The molecule has 1 N–H and O–H groups in total. The average Bonchev–Trinajstić information content (AvgIpc) is 2.34. The maximum atomic E-state index is 13.4. The van der Waals surface area contributed by atoms with E-state index in [1.807, 2.05) is 24.3 Å². The van der Waals surface area contributed by atoms with Crippen LogP contribution in [0.2, 0.25) is 5.02 Å². The molecule has 0 aromatic heterocycles. The zero-order chi connectivity index (χ0) is 13.1. The van der Waals surface area contributed by atoms with Gasteiger partial charge >= 0.3 is 0 Å². The molecule has 2 aromatic carbocycles. The Bertz CT molecular complexity index is 572. The summed E-state index contributed by atoms with van der Waals surface area (Å²) >= 11 is 9.48. The highest BCUT2D eigenvalue weighted by Gasteiger charge is 2.03. The van der Waals surface area contributed by atoms with Crippen LogP contribution in [0.1, 0.15) is 11.1 Å². The van der Waals surface area contributed by atoms with E-state index in [1.54, 1.807) is 13.0 Å². The zero-order valence-electron chi connectivity index (χ0n) is 9.81. The molecule has 0 fully saturated rings. The van der Waals surface area contributed by atoms with Crippen LogP contribution in [0.5, 0.6) is 0 Å². The Morgan fingerprint density at radius 2 is 2.00 bits per heavy atom. The highest BCUT2D eigenvalue weighted by molar-refractivity contribution is 9.10. The van der Waals surface area contributed by atoms with Gasteiger partial charge in [-0.1, -0.05) is 33.6 Å². The summed E-state index contributed by atoms with van der Waals surface area (Å²) in [5, 5.41) is 3.84. The summed E-state index contributed by atoms with van der Waals surface area (Å²) in [7, 11) is 0. The molecule has 0 saturated carbocycles. The lowest BCUT2D eigenvalue weighted by atomic mass is 10.2. The highest BCUT2D eigenvalue weighted by atomic mass is 79.9. The lowest BCUT2D eigenvalue weighted by molar-refractivity contribution is 0.619. The summed E-state index contributed by atoms with van der Waals surface area (Å²) < 4.78 is 14.3. The van der Waals surface area contributed by atoms with E-state index in [4.69, 9.17) is 11.6 Å². The van der Waals surface area contributed by atoms with Gasteiger partial charge in [-0.25, -0.2) is 4.39 Å². The predicted octanol–water partition coefficient (Wildman–Crippen LogP) is 5.16. The van der Waals surface area contributed by atoms with Crippen molar-refractivity contribution in [3.63, 3.8) is 0 Å². The fourth-order valence-corrected chi connectivity index (χ4v) is 2.17. The highest BCUT2D eigenvalue weighted by Crippen LogP contribution is 2.22. The van der Waals surface area contributed by atoms with Crippen LogP contribution < -0.4 is 5.32 Å². The van der Waals surface area contributed by atoms with Crippen molar-refractivity contribution in [3.8, 4) is 0 Å². The molecule has 0 heterocycles. The standard InChI is InChI=1S/C14H12BrClFN/c1-9-2-4-12(7-14(9)17)18-8-10-6-11(15)3-5-13(10)16/h2-7,18H,8H2,1H3. The first-order valence-corrected chi connectivity index (χ1v) is 6.67. The molecule has 4 heteroatoms. The number of anilines is 1. The van der Waals surface area contributed by atoms with Crippen molar-refractivity contribution in [2.45, 2.75) is 13.5 Å². The Labute approximate surface area is 119 Å². The SMILES string of the molecule is Cc1ccc(NCc2cc(Br)ccc2Cl)cc1F. The van der Waals surface area contributed by atoms with Crippen LogP contribution in [0.15, 0.2) is 40.9 Å². The largest absolute Gasteiger partial charge is 0.381 e. The summed E-state index contributed by atoms with van der Waals surface area (Å²) in [5.74, 6) is -0.208. The van der Waals surface area contributed by atoms with E-state index in [1.165, 1.54) is 6.07 Å². The fourth-order valence-electron chi connectivity index (χ4n) is 1.58. The smallest absolute Gasteiger partial charge is 0.128 e. The molecule has 0 bridgehead atoms. The van der Waals surface area contributed by atoms with Crippen LogP contribution in [0, 0.1) is 12.7 Å². The van der Waals surface area contributed by atoms with Crippen molar-refractivity contribution in [3.05, 3.63) is 62.8 Å². The maximum absolute atomic E-state index is 13.4. The van der Waals surface area contributed by atoms with Gasteiger partial charge in [0.2, 0.25) is 0 Å². The van der Waals surface area contributed by atoms with E-state index in [0.717, 1.165) is 15.7 Å². The van der Waals surface area contributed by atoms with Gasteiger partial charge in [-0.15, -0.1) is 0 Å². The first kappa shape index (κ1) is 13.4. The number of hydrogen-bond acceptors (Lipinski definition) is 1. The third-order valence-electron chi connectivity index (χ3n) is 2.66. The van der Waals surface area contributed by atoms with Crippen LogP contribution in [0.25, 0.3) is 0 Å². The van der Waals surface area contributed by atoms with Crippen molar-refractivity contribution < 1.29 is 4.39 Å². The second-order valence-electron chi connectivity index (χ2n) is 4.05. The molecule has 0 aliphatic carbocycles. The Hall–Kier alpha value is -1.06. The maximum Gasteiger partial charge on any atom is 0.128 e. The molecule has 18 heavy (non-hydrogen) atoms. The van der Waals surface area contributed by atoms with Gasteiger partial charge in [-0.3, -0.25) is 0 Å². The first-order valence-electron chi connectivity index (χ1n) is 5.50. The third-order valence-corrected chi connectivity index (χ3v) is 3.52. The molecule has 0 aliphatic heterocycles. The minimum Gasteiger partial charge on any atom is -0.381 e. The summed E-state index contributed by atoms with van der Waals surface area (Å²) in [5.41, 5.74) is 2.35. The number of benzene rings is 2.